The van der Waals surface area contributed by atoms with E-state index >= 15 is 0 Å². The summed E-state index contributed by atoms with van der Waals surface area (Å²) in [6.07, 6.45) is 0. The van der Waals surface area contributed by atoms with E-state index in [0.29, 0.717) is 5.56 Å². The van der Waals surface area contributed by atoms with Gasteiger partial charge < -0.3 is 5.32 Å². The molecule has 2 amide bonds. The summed E-state index contributed by atoms with van der Waals surface area (Å²) in [5, 5.41) is 2.90. The molecule has 3 rings (SSSR count). The molecule has 1 aliphatic heterocycles. The fourth-order valence-corrected chi connectivity index (χ4v) is 5.22. The standard InChI is InChI=1S/C20H22N2O4S/c1-14(15-7-5-4-6-8-15)21-18(23)16-9-11-17(12-10-16)22-19(24)20(2,3)13-27(22,25)26/h4-12,14H,13H2,1-3H3,(H,21,23)/t14-/m0/s1. The normalized spacial score (nSPS) is 18.9. The summed E-state index contributed by atoms with van der Waals surface area (Å²) < 4.78 is 25.5. The van der Waals surface area contributed by atoms with E-state index in [1.54, 1.807) is 13.8 Å². The second kappa shape index (κ2) is 6.81. The molecule has 2 aromatic rings. The molecule has 27 heavy (non-hydrogen) atoms. The third-order valence-corrected chi connectivity index (χ3v) is 6.62. The van der Waals surface area contributed by atoms with Crippen LogP contribution in [0.1, 0.15) is 42.7 Å². The average Bonchev–Trinajstić information content (AvgIpc) is 2.78. The Kier molecular flexibility index (Phi) is 4.82. The number of amides is 2. The monoisotopic (exact) mass is 386 g/mol. The predicted octanol–water partition coefficient (Wildman–Crippen LogP) is 2.88. The van der Waals surface area contributed by atoms with Crippen LogP contribution in [0.3, 0.4) is 0 Å². The first kappa shape index (κ1) is 19.1. The van der Waals surface area contributed by atoms with Gasteiger partial charge in [-0.05, 0) is 50.6 Å². The van der Waals surface area contributed by atoms with Crippen LogP contribution in [0.15, 0.2) is 54.6 Å². The van der Waals surface area contributed by atoms with E-state index in [2.05, 4.69) is 5.32 Å². The summed E-state index contributed by atoms with van der Waals surface area (Å²) >= 11 is 0. The van der Waals surface area contributed by atoms with Crippen molar-refractivity contribution in [3.8, 4) is 0 Å². The summed E-state index contributed by atoms with van der Waals surface area (Å²) in [6.45, 7) is 5.11. The summed E-state index contributed by atoms with van der Waals surface area (Å²) in [6, 6.07) is 15.4. The SMILES string of the molecule is C[C@H](NC(=O)c1ccc(N2C(=O)C(C)(C)CS2(=O)=O)cc1)c1ccccc1. The molecule has 1 heterocycles. The Balaban J connectivity index is 1.78. The van der Waals surface area contributed by atoms with Crippen LogP contribution in [-0.2, 0) is 14.8 Å². The molecule has 1 fully saturated rings. The van der Waals surface area contributed by atoms with Gasteiger partial charge in [0, 0.05) is 5.56 Å². The number of nitrogens with one attached hydrogen (secondary N) is 1. The van der Waals surface area contributed by atoms with Gasteiger partial charge in [-0.2, -0.15) is 0 Å². The molecule has 0 unspecified atom stereocenters. The van der Waals surface area contributed by atoms with Crippen molar-refractivity contribution in [1.29, 1.82) is 0 Å². The van der Waals surface area contributed by atoms with Crippen LogP contribution in [0.5, 0.6) is 0 Å². The van der Waals surface area contributed by atoms with Gasteiger partial charge in [0.15, 0.2) is 0 Å². The van der Waals surface area contributed by atoms with Crippen LogP contribution in [0.4, 0.5) is 5.69 Å². The molecule has 0 aromatic heterocycles. The lowest BCUT2D eigenvalue weighted by Crippen LogP contribution is -2.33. The van der Waals surface area contributed by atoms with Gasteiger partial charge in [-0.3, -0.25) is 9.59 Å². The van der Waals surface area contributed by atoms with Crippen molar-refractivity contribution in [3.63, 3.8) is 0 Å². The zero-order chi connectivity index (χ0) is 19.8. The number of benzene rings is 2. The van der Waals surface area contributed by atoms with Crippen molar-refractivity contribution >= 4 is 27.5 Å². The van der Waals surface area contributed by atoms with Gasteiger partial charge in [0.1, 0.15) is 0 Å². The molecule has 0 bridgehead atoms. The Morgan fingerprint density at radius 2 is 1.67 bits per heavy atom. The minimum absolute atomic E-state index is 0.167. The Labute approximate surface area is 159 Å². The van der Waals surface area contributed by atoms with E-state index in [1.165, 1.54) is 24.3 Å². The lowest BCUT2D eigenvalue weighted by atomic mass is 9.95. The third-order valence-electron chi connectivity index (χ3n) is 4.60. The van der Waals surface area contributed by atoms with Crippen LogP contribution in [0.25, 0.3) is 0 Å². The summed E-state index contributed by atoms with van der Waals surface area (Å²) in [7, 11) is -3.70. The second-order valence-corrected chi connectivity index (χ2v) is 9.18. The van der Waals surface area contributed by atoms with Crippen LogP contribution >= 0.6 is 0 Å². The molecule has 1 atom stereocenters. The van der Waals surface area contributed by atoms with E-state index in [1.807, 2.05) is 37.3 Å². The lowest BCUT2D eigenvalue weighted by molar-refractivity contribution is -0.123. The Morgan fingerprint density at radius 1 is 1.07 bits per heavy atom. The Bertz CT molecular complexity index is 967. The summed E-state index contributed by atoms with van der Waals surface area (Å²) in [5.74, 6) is -0.957. The van der Waals surface area contributed by atoms with Crippen molar-refractivity contribution in [2.45, 2.75) is 26.8 Å². The average molecular weight is 386 g/mol. The number of anilines is 1. The molecule has 1 N–H and O–H groups in total. The highest BCUT2D eigenvalue weighted by atomic mass is 32.2. The van der Waals surface area contributed by atoms with E-state index in [0.717, 1.165) is 9.87 Å². The predicted molar refractivity (Wildman–Crippen MR) is 104 cm³/mol. The molecular formula is C20H22N2O4S. The molecular weight excluding hydrogens is 364 g/mol. The minimum Gasteiger partial charge on any atom is -0.346 e. The third kappa shape index (κ3) is 3.73. The van der Waals surface area contributed by atoms with Crippen LogP contribution in [0, 0.1) is 5.41 Å². The zero-order valence-corrected chi connectivity index (χ0v) is 16.3. The minimum atomic E-state index is -3.70. The van der Waals surface area contributed by atoms with E-state index < -0.39 is 21.3 Å². The molecule has 1 saturated heterocycles. The fourth-order valence-electron chi connectivity index (χ4n) is 3.11. The van der Waals surface area contributed by atoms with Crippen molar-refractivity contribution in [2.24, 2.45) is 5.41 Å². The molecule has 2 aromatic carbocycles. The fraction of sp³-hybridized carbons (Fsp3) is 0.300. The van der Waals surface area contributed by atoms with Gasteiger partial charge in [-0.25, -0.2) is 12.7 Å². The van der Waals surface area contributed by atoms with Gasteiger partial charge in [0.25, 0.3) is 5.91 Å². The maximum absolute atomic E-state index is 12.4. The number of rotatable bonds is 4. The van der Waals surface area contributed by atoms with Gasteiger partial charge in [0.05, 0.1) is 22.9 Å². The largest absolute Gasteiger partial charge is 0.346 e. The second-order valence-electron chi connectivity index (χ2n) is 7.36. The van der Waals surface area contributed by atoms with E-state index in [9.17, 15) is 18.0 Å². The van der Waals surface area contributed by atoms with E-state index in [4.69, 9.17) is 0 Å². The Morgan fingerprint density at radius 3 is 2.19 bits per heavy atom. The van der Waals surface area contributed by atoms with Crippen LogP contribution < -0.4 is 9.62 Å². The van der Waals surface area contributed by atoms with Crippen LogP contribution in [0.2, 0.25) is 0 Å². The first-order valence-corrected chi connectivity index (χ1v) is 10.3. The van der Waals surface area contributed by atoms with Crippen LogP contribution in [-0.4, -0.2) is 26.0 Å². The topological polar surface area (TPSA) is 83.6 Å². The number of carbonyl (C=O) groups is 2. The molecule has 0 aliphatic carbocycles. The van der Waals surface area contributed by atoms with E-state index in [-0.39, 0.29) is 23.4 Å². The van der Waals surface area contributed by atoms with Gasteiger partial charge >= 0.3 is 0 Å². The first-order valence-electron chi connectivity index (χ1n) is 8.65. The number of hydrogen-bond donors (Lipinski definition) is 1. The molecule has 0 spiro atoms. The zero-order valence-electron chi connectivity index (χ0n) is 15.5. The number of nitrogens with zero attached hydrogens (tertiary/aromatic N) is 1. The van der Waals surface area contributed by atoms with Crippen molar-refractivity contribution in [1.82, 2.24) is 5.32 Å². The molecule has 142 valence electrons. The molecule has 7 heteroatoms. The molecule has 6 nitrogen and oxygen atoms in total. The maximum atomic E-state index is 12.4. The van der Waals surface area contributed by atoms with Gasteiger partial charge in [0.2, 0.25) is 15.9 Å². The maximum Gasteiger partial charge on any atom is 0.251 e. The highest BCUT2D eigenvalue weighted by Crippen LogP contribution is 2.35. The first-order chi connectivity index (χ1) is 12.6. The molecule has 0 radical (unpaired) electrons. The highest BCUT2D eigenvalue weighted by molar-refractivity contribution is 7.94. The lowest BCUT2D eigenvalue weighted by Gasteiger charge is -2.18. The molecule has 1 aliphatic rings. The van der Waals surface area contributed by atoms with Crippen molar-refractivity contribution < 1.29 is 18.0 Å². The van der Waals surface area contributed by atoms with Gasteiger partial charge in [-0.1, -0.05) is 30.3 Å². The number of carbonyl (C=O) groups excluding carboxylic acids is 2. The number of sulfonamides is 1. The Hall–Kier alpha value is -2.67. The van der Waals surface area contributed by atoms with Gasteiger partial charge in [-0.15, -0.1) is 0 Å². The molecule has 0 saturated carbocycles. The number of hydrogen-bond acceptors (Lipinski definition) is 4. The van der Waals surface area contributed by atoms with Crippen molar-refractivity contribution in [3.05, 3.63) is 65.7 Å². The quantitative estimate of drug-likeness (QED) is 0.876. The highest BCUT2D eigenvalue weighted by Gasteiger charge is 2.49. The smallest absolute Gasteiger partial charge is 0.251 e. The summed E-state index contributed by atoms with van der Waals surface area (Å²) in [5.41, 5.74) is 0.668. The van der Waals surface area contributed by atoms with Crippen molar-refractivity contribution in [2.75, 3.05) is 10.1 Å². The summed E-state index contributed by atoms with van der Waals surface area (Å²) in [4.78, 5) is 24.9.